The molecule has 0 aliphatic heterocycles. The first-order chi connectivity index (χ1) is 16.0. The molecular weight excluding hydrogens is 416 g/mol. The summed E-state index contributed by atoms with van der Waals surface area (Å²) in [6.45, 7) is 7.30. The molecule has 176 valence electrons. The van der Waals surface area contributed by atoms with Crippen LogP contribution in [0.25, 0.3) is 0 Å². The molecule has 7 nitrogen and oxygen atoms in total. The Kier molecular flexibility index (Phi) is 9.04. The van der Waals surface area contributed by atoms with Gasteiger partial charge in [-0.2, -0.15) is 0 Å². The first kappa shape index (κ1) is 24.5. The molecule has 33 heavy (non-hydrogen) atoms. The van der Waals surface area contributed by atoms with Crippen LogP contribution in [0.2, 0.25) is 0 Å². The van der Waals surface area contributed by atoms with Crippen LogP contribution < -0.4 is 10.1 Å². The van der Waals surface area contributed by atoms with Crippen molar-refractivity contribution in [2.45, 2.75) is 33.0 Å². The van der Waals surface area contributed by atoms with Crippen LogP contribution in [0.15, 0.2) is 65.3 Å². The van der Waals surface area contributed by atoms with Crippen molar-refractivity contribution in [2.75, 3.05) is 33.8 Å². The maximum Gasteiger partial charge on any atom is 0.273 e. The molecule has 1 N–H and O–H groups in total. The highest BCUT2D eigenvalue weighted by molar-refractivity contribution is 5.91. The highest BCUT2D eigenvalue weighted by Gasteiger charge is 2.20. The Morgan fingerprint density at radius 3 is 2.48 bits per heavy atom. The van der Waals surface area contributed by atoms with Crippen LogP contribution in [-0.4, -0.2) is 54.5 Å². The molecular formula is C26H34N4O3. The molecule has 0 radical (unpaired) electrons. The summed E-state index contributed by atoms with van der Waals surface area (Å²) in [5.74, 6) is 1.16. The smallest absolute Gasteiger partial charge is 0.273 e. The molecule has 1 atom stereocenters. The van der Waals surface area contributed by atoms with E-state index in [9.17, 15) is 4.79 Å². The van der Waals surface area contributed by atoms with E-state index < -0.39 is 0 Å². The molecule has 0 unspecified atom stereocenters. The van der Waals surface area contributed by atoms with E-state index in [1.165, 1.54) is 11.8 Å². The monoisotopic (exact) mass is 450 g/mol. The van der Waals surface area contributed by atoms with Gasteiger partial charge in [0.2, 0.25) is 5.89 Å². The quantitative estimate of drug-likeness (QED) is 0.447. The topological polar surface area (TPSA) is 70.8 Å². The zero-order valence-corrected chi connectivity index (χ0v) is 20.0. The van der Waals surface area contributed by atoms with E-state index >= 15 is 0 Å². The van der Waals surface area contributed by atoms with Gasteiger partial charge < -0.3 is 19.4 Å². The maximum absolute atomic E-state index is 12.4. The number of amides is 1. The molecule has 0 spiro atoms. The minimum atomic E-state index is -0.221. The average molecular weight is 451 g/mol. The van der Waals surface area contributed by atoms with Gasteiger partial charge in [-0.25, -0.2) is 4.98 Å². The molecule has 0 bridgehead atoms. The lowest BCUT2D eigenvalue weighted by Gasteiger charge is -2.28. The van der Waals surface area contributed by atoms with E-state index in [-0.39, 0.29) is 11.9 Å². The Balaban J connectivity index is 1.73. The van der Waals surface area contributed by atoms with Crippen molar-refractivity contribution in [2.24, 2.45) is 0 Å². The molecule has 0 saturated heterocycles. The van der Waals surface area contributed by atoms with E-state index in [4.69, 9.17) is 9.15 Å². The van der Waals surface area contributed by atoms with Gasteiger partial charge in [0.15, 0.2) is 5.69 Å². The molecule has 3 rings (SSSR count). The Bertz CT molecular complexity index is 986. The van der Waals surface area contributed by atoms with Crippen molar-refractivity contribution in [3.05, 3.63) is 83.6 Å². The van der Waals surface area contributed by atoms with Crippen LogP contribution in [0, 0.1) is 0 Å². The fourth-order valence-corrected chi connectivity index (χ4v) is 3.51. The molecule has 7 heteroatoms. The van der Waals surface area contributed by atoms with Gasteiger partial charge in [-0.3, -0.25) is 9.69 Å². The van der Waals surface area contributed by atoms with E-state index in [1.54, 1.807) is 0 Å². The second kappa shape index (κ2) is 12.2. The molecule has 0 aliphatic rings. The molecule has 0 saturated carbocycles. The highest BCUT2D eigenvalue weighted by Crippen LogP contribution is 2.25. The van der Waals surface area contributed by atoms with E-state index in [1.807, 2.05) is 56.3 Å². The van der Waals surface area contributed by atoms with Crippen LogP contribution in [0.4, 0.5) is 0 Å². The lowest BCUT2D eigenvalue weighted by atomic mass is 10.1. The predicted molar refractivity (Wildman–Crippen MR) is 129 cm³/mol. The standard InChI is InChI=1S/C26H34N4O3/c1-5-32-23-13-11-21(12-14-23)17-30(20(2)22-9-7-6-8-10-22)18-25-28-24(19-33-25)26(31)27-15-16-29(3)4/h6-14,19-20H,5,15-18H2,1-4H3,(H,27,31)/t20-/m1/s1. The number of rotatable bonds is 12. The third-order valence-electron chi connectivity index (χ3n) is 5.42. The first-order valence-corrected chi connectivity index (χ1v) is 11.3. The molecule has 1 amide bonds. The third-order valence-corrected chi connectivity index (χ3v) is 5.42. The van der Waals surface area contributed by atoms with Crippen LogP contribution in [0.5, 0.6) is 5.75 Å². The molecule has 3 aromatic rings. The van der Waals surface area contributed by atoms with E-state index in [0.717, 1.165) is 17.9 Å². The predicted octanol–water partition coefficient (Wildman–Crippen LogP) is 4.13. The number of nitrogens with one attached hydrogen (secondary N) is 1. The molecule has 0 aliphatic carbocycles. The number of likely N-dealkylation sites (N-methyl/N-ethyl adjacent to an activating group) is 1. The highest BCUT2D eigenvalue weighted by atomic mass is 16.5. The minimum absolute atomic E-state index is 0.127. The summed E-state index contributed by atoms with van der Waals surface area (Å²) >= 11 is 0. The second-order valence-corrected chi connectivity index (χ2v) is 8.25. The molecule has 1 heterocycles. The van der Waals surface area contributed by atoms with Gasteiger partial charge in [-0.15, -0.1) is 0 Å². The van der Waals surface area contributed by atoms with Crippen molar-refractivity contribution < 1.29 is 13.9 Å². The van der Waals surface area contributed by atoms with Gasteiger partial charge in [0.25, 0.3) is 5.91 Å². The van der Waals surface area contributed by atoms with Gasteiger partial charge in [-0.05, 0) is 51.2 Å². The number of hydrogen-bond acceptors (Lipinski definition) is 6. The number of benzene rings is 2. The van der Waals surface area contributed by atoms with Crippen molar-refractivity contribution in [3.8, 4) is 5.75 Å². The molecule has 2 aromatic carbocycles. The van der Waals surface area contributed by atoms with Crippen molar-refractivity contribution in [1.29, 1.82) is 0 Å². The van der Waals surface area contributed by atoms with Gasteiger partial charge in [0.05, 0.1) is 13.2 Å². The van der Waals surface area contributed by atoms with Crippen LogP contribution in [0.1, 0.15) is 47.4 Å². The van der Waals surface area contributed by atoms with Crippen LogP contribution in [-0.2, 0) is 13.1 Å². The fraction of sp³-hybridized carbons (Fsp3) is 0.385. The summed E-state index contributed by atoms with van der Waals surface area (Å²) in [6.07, 6.45) is 1.43. The number of aromatic nitrogens is 1. The van der Waals surface area contributed by atoms with Gasteiger partial charge >= 0.3 is 0 Å². The lowest BCUT2D eigenvalue weighted by molar-refractivity contribution is 0.0946. The number of nitrogens with zero attached hydrogens (tertiary/aromatic N) is 3. The van der Waals surface area contributed by atoms with Crippen molar-refractivity contribution in [3.63, 3.8) is 0 Å². The van der Waals surface area contributed by atoms with Gasteiger partial charge in [0.1, 0.15) is 12.0 Å². The van der Waals surface area contributed by atoms with Crippen molar-refractivity contribution in [1.82, 2.24) is 20.1 Å². The average Bonchev–Trinajstić information content (AvgIpc) is 3.28. The number of hydrogen-bond donors (Lipinski definition) is 1. The maximum atomic E-state index is 12.4. The van der Waals surface area contributed by atoms with Crippen LogP contribution >= 0.6 is 0 Å². The molecule has 1 aromatic heterocycles. The summed E-state index contributed by atoms with van der Waals surface area (Å²) in [4.78, 5) is 21.1. The largest absolute Gasteiger partial charge is 0.494 e. The summed E-state index contributed by atoms with van der Waals surface area (Å²) in [5.41, 5.74) is 2.67. The summed E-state index contributed by atoms with van der Waals surface area (Å²) in [7, 11) is 3.93. The van der Waals surface area contributed by atoms with Crippen molar-refractivity contribution >= 4 is 5.91 Å². The Labute approximate surface area is 196 Å². The van der Waals surface area contributed by atoms with Gasteiger partial charge in [0, 0.05) is 25.7 Å². The third kappa shape index (κ3) is 7.44. The summed E-state index contributed by atoms with van der Waals surface area (Å²) < 4.78 is 11.2. The Morgan fingerprint density at radius 2 is 1.82 bits per heavy atom. The summed E-state index contributed by atoms with van der Waals surface area (Å²) in [6, 6.07) is 18.6. The van der Waals surface area contributed by atoms with E-state index in [0.29, 0.717) is 37.8 Å². The Morgan fingerprint density at radius 1 is 1.09 bits per heavy atom. The number of oxazole rings is 1. The first-order valence-electron chi connectivity index (χ1n) is 11.3. The normalized spacial score (nSPS) is 12.2. The number of carbonyl (C=O) groups is 1. The zero-order valence-electron chi connectivity index (χ0n) is 20.0. The minimum Gasteiger partial charge on any atom is -0.494 e. The number of ether oxygens (including phenoxy) is 1. The van der Waals surface area contributed by atoms with E-state index in [2.05, 4.69) is 46.4 Å². The summed E-state index contributed by atoms with van der Waals surface area (Å²) in [5, 5.41) is 2.87. The van der Waals surface area contributed by atoms with Gasteiger partial charge in [-0.1, -0.05) is 42.5 Å². The fourth-order valence-electron chi connectivity index (χ4n) is 3.51. The SMILES string of the molecule is CCOc1ccc(CN(Cc2nc(C(=O)NCCN(C)C)co2)[C@H](C)c2ccccc2)cc1. The Hall–Kier alpha value is -3.16. The zero-order chi connectivity index (χ0) is 23.6. The second-order valence-electron chi connectivity index (χ2n) is 8.25. The molecule has 0 fully saturated rings. The van der Waals surface area contributed by atoms with Crippen LogP contribution in [0.3, 0.4) is 0 Å². The number of carbonyl (C=O) groups excluding carboxylic acids is 1. The lowest BCUT2D eigenvalue weighted by Crippen LogP contribution is -2.31.